The number of rotatable bonds is 6. The number of nitrogens with one attached hydrogen (secondary N) is 2. The smallest absolute Gasteiger partial charge is 0.339 e. The molecule has 0 saturated carbocycles. The molecule has 0 aliphatic rings. The maximum absolute atomic E-state index is 13.3. The van der Waals surface area contributed by atoms with Gasteiger partial charge in [0, 0.05) is 11.1 Å². The number of hydrogen-bond donors (Lipinski definition) is 2. The van der Waals surface area contributed by atoms with Gasteiger partial charge in [-0.2, -0.15) is 0 Å². The molecule has 6 rings (SSSR count). The Labute approximate surface area is 244 Å². The van der Waals surface area contributed by atoms with E-state index < -0.39 is 11.5 Å². The van der Waals surface area contributed by atoms with Crippen molar-refractivity contribution < 1.29 is 18.7 Å². The van der Waals surface area contributed by atoms with Crippen molar-refractivity contribution in [2.75, 3.05) is 5.32 Å². The van der Waals surface area contributed by atoms with Crippen LogP contribution in [0.5, 0.6) is 0 Å². The van der Waals surface area contributed by atoms with Gasteiger partial charge in [-0.1, -0.05) is 35.9 Å². The van der Waals surface area contributed by atoms with Gasteiger partial charge in [0.05, 0.1) is 21.3 Å². The molecule has 6 aromatic rings. The molecule has 10 heteroatoms. The molecule has 42 heavy (non-hydrogen) atoms. The van der Waals surface area contributed by atoms with Crippen molar-refractivity contribution in [1.29, 1.82) is 0 Å². The van der Waals surface area contributed by atoms with Crippen molar-refractivity contribution in [3.05, 3.63) is 110 Å². The van der Waals surface area contributed by atoms with Crippen LogP contribution < -0.4 is 10.9 Å². The molecule has 0 aliphatic heterocycles. The van der Waals surface area contributed by atoms with E-state index in [2.05, 4.69) is 20.3 Å². The Balaban J connectivity index is 1.26. The van der Waals surface area contributed by atoms with Crippen molar-refractivity contribution in [3.8, 4) is 11.5 Å². The Bertz CT molecular complexity index is 2090. The van der Waals surface area contributed by atoms with Crippen LogP contribution in [0.15, 0.2) is 69.9 Å². The number of benzene rings is 2. The molecular weight excluding hydrogens is 552 g/mol. The van der Waals surface area contributed by atoms with E-state index in [9.17, 15) is 14.4 Å². The molecule has 1 amide bonds. The van der Waals surface area contributed by atoms with Crippen molar-refractivity contribution in [2.45, 2.75) is 34.3 Å². The second-order valence-corrected chi connectivity index (χ2v) is 11.1. The van der Waals surface area contributed by atoms with Crippen LogP contribution in [0, 0.1) is 27.7 Å². The fourth-order valence-electron chi connectivity index (χ4n) is 4.86. The predicted octanol–water partition coefficient (Wildman–Crippen LogP) is 6.64. The second-order valence-electron chi connectivity index (χ2n) is 10.1. The number of H-pyrrole nitrogens is 1. The Morgan fingerprint density at radius 3 is 2.57 bits per heavy atom. The highest BCUT2D eigenvalue weighted by Crippen LogP contribution is 2.29. The number of aryl methyl sites for hydroxylation is 4. The third kappa shape index (κ3) is 5.08. The summed E-state index contributed by atoms with van der Waals surface area (Å²) in [6, 6.07) is 18.3. The largest absolute Gasteiger partial charge is 0.460 e. The summed E-state index contributed by atoms with van der Waals surface area (Å²) in [5.41, 5.74) is 4.30. The summed E-state index contributed by atoms with van der Waals surface area (Å²) >= 11 is 1.12. The zero-order chi connectivity index (χ0) is 29.5. The Morgan fingerprint density at radius 2 is 1.81 bits per heavy atom. The van der Waals surface area contributed by atoms with Gasteiger partial charge < -0.3 is 19.5 Å². The Hall–Kier alpha value is -5.09. The first-order chi connectivity index (χ1) is 20.2. The van der Waals surface area contributed by atoms with E-state index in [-0.39, 0.29) is 18.3 Å². The lowest BCUT2D eigenvalue weighted by atomic mass is 10.1. The number of hydrogen-bond acceptors (Lipinski definition) is 8. The Kier molecular flexibility index (Phi) is 6.91. The summed E-state index contributed by atoms with van der Waals surface area (Å²) in [7, 11) is 0. The quantitative estimate of drug-likeness (QED) is 0.212. The molecule has 4 aromatic heterocycles. The second kappa shape index (κ2) is 10.7. The van der Waals surface area contributed by atoms with E-state index in [0.717, 1.165) is 28.2 Å². The molecule has 0 unspecified atom stereocenters. The minimum Gasteiger partial charge on any atom is -0.460 e. The zero-order valence-electron chi connectivity index (χ0n) is 23.3. The van der Waals surface area contributed by atoms with Crippen LogP contribution in [0.1, 0.15) is 48.3 Å². The van der Waals surface area contributed by atoms with Gasteiger partial charge in [0.1, 0.15) is 28.7 Å². The molecule has 2 aromatic carbocycles. The standard InChI is InChI=1S/C32H26N4O5S/c1-16-9-11-22(17(2)13-16)34-30(38)28-19(4)27-29(37)35-26(36-31(27)42-28)15-40-32(39)21-14-24(25-12-10-18(3)41-25)33-23-8-6-5-7-20(21)23/h5-14H,15H2,1-4H3,(H,34,38)(H,35,36,37). The van der Waals surface area contributed by atoms with Gasteiger partial charge in [0.25, 0.3) is 11.5 Å². The molecule has 0 spiro atoms. The maximum atomic E-state index is 13.3. The van der Waals surface area contributed by atoms with E-state index in [0.29, 0.717) is 54.3 Å². The fraction of sp³-hybridized carbons (Fsp3) is 0.156. The topological polar surface area (TPSA) is 127 Å². The molecule has 0 atom stereocenters. The normalized spacial score (nSPS) is 11.2. The minimum atomic E-state index is -0.600. The number of furan rings is 1. The van der Waals surface area contributed by atoms with Gasteiger partial charge in [0.2, 0.25) is 0 Å². The van der Waals surface area contributed by atoms with Crippen LogP contribution in [0.2, 0.25) is 0 Å². The molecule has 4 heterocycles. The maximum Gasteiger partial charge on any atom is 0.339 e. The van der Waals surface area contributed by atoms with E-state index in [4.69, 9.17) is 9.15 Å². The third-order valence-electron chi connectivity index (χ3n) is 6.95. The van der Waals surface area contributed by atoms with E-state index in [1.165, 1.54) is 0 Å². The molecule has 0 aliphatic carbocycles. The number of nitrogens with zero attached hydrogens (tertiary/aromatic N) is 2. The van der Waals surface area contributed by atoms with E-state index in [1.807, 2.05) is 63.2 Å². The zero-order valence-corrected chi connectivity index (χ0v) is 24.1. The predicted molar refractivity (Wildman–Crippen MR) is 162 cm³/mol. The van der Waals surface area contributed by atoms with E-state index in [1.54, 1.807) is 25.1 Å². The van der Waals surface area contributed by atoms with Gasteiger partial charge in [-0.3, -0.25) is 9.59 Å². The first kappa shape index (κ1) is 27.1. The monoisotopic (exact) mass is 578 g/mol. The van der Waals surface area contributed by atoms with Gasteiger partial charge >= 0.3 is 5.97 Å². The molecule has 0 radical (unpaired) electrons. The first-order valence-electron chi connectivity index (χ1n) is 13.2. The van der Waals surface area contributed by atoms with Crippen LogP contribution in [0.3, 0.4) is 0 Å². The molecular formula is C32H26N4O5S. The molecule has 2 N–H and O–H groups in total. The summed E-state index contributed by atoms with van der Waals surface area (Å²) in [6.07, 6.45) is 0. The van der Waals surface area contributed by atoms with Crippen molar-refractivity contribution in [1.82, 2.24) is 15.0 Å². The van der Waals surface area contributed by atoms with Gasteiger partial charge in [0.15, 0.2) is 5.76 Å². The number of amides is 1. The average molecular weight is 579 g/mol. The minimum absolute atomic E-state index is 0.170. The van der Waals surface area contributed by atoms with E-state index >= 15 is 0 Å². The summed E-state index contributed by atoms with van der Waals surface area (Å²) in [6.45, 7) is 7.20. The highest BCUT2D eigenvalue weighted by atomic mass is 32.1. The summed E-state index contributed by atoms with van der Waals surface area (Å²) < 4.78 is 11.3. The summed E-state index contributed by atoms with van der Waals surface area (Å²) in [5, 5.41) is 3.89. The van der Waals surface area contributed by atoms with Crippen LogP contribution in [-0.2, 0) is 11.3 Å². The van der Waals surface area contributed by atoms with Crippen molar-refractivity contribution in [2.24, 2.45) is 0 Å². The average Bonchev–Trinajstić information content (AvgIpc) is 3.55. The fourth-order valence-corrected chi connectivity index (χ4v) is 5.96. The molecule has 0 saturated heterocycles. The highest BCUT2D eigenvalue weighted by Gasteiger charge is 2.21. The third-order valence-corrected chi connectivity index (χ3v) is 8.14. The molecule has 0 fully saturated rings. The van der Waals surface area contributed by atoms with Crippen LogP contribution >= 0.6 is 11.3 Å². The number of anilines is 1. The molecule has 9 nitrogen and oxygen atoms in total. The lowest BCUT2D eigenvalue weighted by molar-refractivity contribution is 0.0464. The first-order valence-corrected chi connectivity index (χ1v) is 14.0. The SMILES string of the molecule is Cc1ccc(NC(=O)c2sc3nc(COC(=O)c4cc(-c5ccc(C)o5)nc5ccccc45)[nH]c(=O)c3c2C)c(C)c1. The lowest BCUT2D eigenvalue weighted by Gasteiger charge is -2.09. The number of carbonyl (C=O) groups is 2. The number of aromatic nitrogens is 3. The van der Waals surface area contributed by atoms with Crippen LogP contribution in [0.4, 0.5) is 5.69 Å². The molecule has 210 valence electrons. The number of fused-ring (bicyclic) bond motifs is 2. The molecule has 0 bridgehead atoms. The summed E-state index contributed by atoms with van der Waals surface area (Å²) in [5.74, 6) is 0.515. The number of carbonyl (C=O) groups excluding carboxylic acids is 2. The number of ether oxygens (including phenoxy) is 1. The number of esters is 1. The summed E-state index contributed by atoms with van der Waals surface area (Å²) in [4.78, 5) is 52.1. The van der Waals surface area contributed by atoms with Crippen molar-refractivity contribution >= 4 is 50.0 Å². The number of para-hydroxylation sites is 1. The highest BCUT2D eigenvalue weighted by molar-refractivity contribution is 7.20. The Morgan fingerprint density at radius 1 is 1.00 bits per heavy atom. The lowest BCUT2D eigenvalue weighted by Crippen LogP contribution is -2.15. The number of thiophene rings is 1. The van der Waals surface area contributed by atoms with Gasteiger partial charge in [-0.05, 0) is 69.2 Å². The van der Waals surface area contributed by atoms with Crippen molar-refractivity contribution in [3.63, 3.8) is 0 Å². The van der Waals surface area contributed by atoms with Crippen LogP contribution in [-0.4, -0.2) is 26.8 Å². The van der Waals surface area contributed by atoms with Crippen LogP contribution in [0.25, 0.3) is 32.6 Å². The van der Waals surface area contributed by atoms with Gasteiger partial charge in [-0.25, -0.2) is 14.8 Å². The number of pyridine rings is 1. The van der Waals surface area contributed by atoms with Gasteiger partial charge in [-0.15, -0.1) is 11.3 Å². The number of aromatic amines is 1.